The van der Waals surface area contributed by atoms with Crippen molar-refractivity contribution >= 4 is 11.6 Å². The molecular formula is C16H21ClFNO. The molecule has 1 aromatic rings. The maximum absolute atomic E-state index is 13.5. The Morgan fingerprint density at radius 3 is 2.80 bits per heavy atom. The molecule has 1 N–H and O–H groups in total. The van der Waals surface area contributed by atoms with Gasteiger partial charge in [0.15, 0.2) is 0 Å². The molecule has 0 bridgehead atoms. The summed E-state index contributed by atoms with van der Waals surface area (Å²) in [6, 6.07) is 4.99. The Kier molecular flexibility index (Phi) is 3.78. The molecule has 1 aliphatic carbocycles. The molecule has 2 nitrogen and oxygen atoms in total. The highest BCUT2D eigenvalue weighted by Gasteiger charge is 2.49. The third-order valence-electron chi connectivity index (χ3n) is 4.89. The summed E-state index contributed by atoms with van der Waals surface area (Å²) in [6.45, 7) is 4.60. The third kappa shape index (κ3) is 2.72. The number of nitrogens with zero attached hydrogens (tertiary/aromatic N) is 1. The van der Waals surface area contributed by atoms with Crippen LogP contribution in [0.15, 0.2) is 18.2 Å². The molecule has 1 heterocycles. The van der Waals surface area contributed by atoms with Crippen LogP contribution in [-0.2, 0) is 6.54 Å². The Bertz CT molecular complexity index is 505. The molecule has 1 aromatic carbocycles. The van der Waals surface area contributed by atoms with E-state index in [4.69, 9.17) is 11.6 Å². The fourth-order valence-corrected chi connectivity index (χ4v) is 3.57. The molecule has 2 atom stereocenters. The predicted octanol–water partition coefficient (Wildman–Crippen LogP) is 3.46. The number of rotatable bonds is 3. The van der Waals surface area contributed by atoms with Crippen molar-refractivity contribution in [3.05, 3.63) is 34.6 Å². The highest BCUT2D eigenvalue weighted by molar-refractivity contribution is 6.30. The summed E-state index contributed by atoms with van der Waals surface area (Å²) in [5.41, 5.74) is 0.470. The lowest BCUT2D eigenvalue weighted by atomic mass is 9.78. The maximum atomic E-state index is 13.5. The molecule has 1 aliphatic heterocycles. The van der Waals surface area contributed by atoms with E-state index in [1.807, 2.05) is 6.07 Å². The second-order valence-electron chi connectivity index (χ2n) is 6.40. The van der Waals surface area contributed by atoms with Crippen molar-refractivity contribution in [3.63, 3.8) is 0 Å². The molecule has 0 spiro atoms. The first-order chi connectivity index (χ1) is 9.49. The molecular weight excluding hydrogens is 277 g/mol. The van der Waals surface area contributed by atoms with Gasteiger partial charge in [0.1, 0.15) is 5.82 Å². The fraction of sp³-hybridized carbons (Fsp3) is 0.625. The van der Waals surface area contributed by atoms with Gasteiger partial charge in [-0.05, 0) is 48.8 Å². The zero-order valence-corrected chi connectivity index (χ0v) is 12.5. The van der Waals surface area contributed by atoms with Crippen molar-refractivity contribution in [3.8, 4) is 0 Å². The quantitative estimate of drug-likeness (QED) is 0.923. The zero-order chi connectivity index (χ0) is 14.3. The molecule has 20 heavy (non-hydrogen) atoms. The summed E-state index contributed by atoms with van der Waals surface area (Å²) in [5.74, 6) is 0.428. The first-order valence-corrected chi connectivity index (χ1v) is 7.75. The van der Waals surface area contributed by atoms with Gasteiger partial charge in [0.25, 0.3) is 0 Å². The first-order valence-electron chi connectivity index (χ1n) is 7.37. The van der Waals surface area contributed by atoms with Crippen molar-refractivity contribution in [1.82, 2.24) is 4.90 Å². The summed E-state index contributed by atoms with van der Waals surface area (Å²) in [7, 11) is 0. The Morgan fingerprint density at radius 2 is 2.20 bits per heavy atom. The van der Waals surface area contributed by atoms with Crippen LogP contribution in [0.4, 0.5) is 4.39 Å². The highest BCUT2D eigenvalue weighted by Crippen LogP contribution is 2.47. The summed E-state index contributed by atoms with van der Waals surface area (Å²) >= 11 is 5.70. The van der Waals surface area contributed by atoms with Gasteiger partial charge < -0.3 is 5.11 Å². The van der Waals surface area contributed by atoms with E-state index in [0.29, 0.717) is 5.92 Å². The molecule has 4 heteroatoms. The van der Waals surface area contributed by atoms with Crippen LogP contribution in [0.2, 0.25) is 5.02 Å². The van der Waals surface area contributed by atoms with Crippen molar-refractivity contribution < 1.29 is 9.50 Å². The lowest BCUT2D eigenvalue weighted by Gasteiger charge is -2.43. The topological polar surface area (TPSA) is 23.5 Å². The SMILES string of the molecule is C[C@H]1CN(Cc2ccc(Cl)c(F)c2)CC[C@]1(O)C1CC1. The monoisotopic (exact) mass is 297 g/mol. The second-order valence-corrected chi connectivity index (χ2v) is 6.81. The van der Waals surface area contributed by atoms with Gasteiger partial charge in [0.05, 0.1) is 10.6 Å². The Balaban J connectivity index is 1.63. The van der Waals surface area contributed by atoms with Gasteiger partial charge in [-0.15, -0.1) is 0 Å². The van der Waals surface area contributed by atoms with Crippen LogP contribution < -0.4 is 0 Å². The standard InChI is InChI=1S/C16H21ClFNO/c1-11-9-19(7-6-16(11,20)13-3-4-13)10-12-2-5-14(17)15(18)8-12/h2,5,8,11,13,20H,3-4,6-7,9-10H2,1H3/t11-,16+/m0/s1. The largest absolute Gasteiger partial charge is 0.389 e. The molecule has 0 amide bonds. The van der Waals surface area contributed by atoms with E-state index >= 15 is 0 Å². The molecule has 2 aliphatic rings. The molecule has 110 valence electrons. The zero-order valence-electron chi connectivity index (χ0n) is 11.8. The van der Waals surface area contributed by atoms with E-state index in [2.05, 4.69) is 11.8 Å². The average molecular weight is 298 g/mol. The van der Waals surface area contributed by atoms with Crippen LogP contribution in [0.25, 0.3) is 0 Å². The van der Waals surface area contributed by atoms with Gasteiger partial charge in [-0.2, -0.15) is 0 Å². The molecule has 1 saturated carbocycles. The van der Waals surface area contributed by atoms with Gasteiger partial charge in [-0.3, -0.25) is 4.90 Å². The van der Waals surface area contributed by atoms with E-state index in [1.165, 1.54) is 18.9 Å². The van der Waals surface area contributed by atoms with Crippen molar-refractivity contribution in [2.45, 2.75) is 38.3 Å². The van der Waals surface area contributed by atoms with E-state index in [0.717, 1.165) is 31.6 Å². The number of hydrogen-bond donors (Lipinski definition) is 1. The molecule has 0 radical (unpaired) electrons. The molecule has 0 unspecified atom stereocenters. The van der Waals surface area contributed by atoms with Crippen molar-refractivity contribution in [2.75, 3.05) is 13.1 Å². The smallest absolute Gasteiger partial charge is 0.142 e. The number of halogens is 2. The van der Waals surface area contributed by atoms with Crippen LogP contribution in [-0.4, -0.2) is 28.7 Å². The molecule has 2 fully saturated rings. The Hall–Kier alpha value is -0.640. The van der Waals surface area contributed by atoms with Crippen molar-refractivity contribution in [2.24, 2.45) is 11.8 Å². The number of piperidine rings is 1. The second kappa shape index (κ2) is 5.28. The molecule has 0 aromatic heterocycles. The molecule has 3 rings (SSSR count). The van der Waals surface area contributed by atoms with E-state index in [1.54, 1.807) is 6.07 Å². The number of aliphatic hydroxyl groups is 1. The van der Waals surface area contributed by atoms with Crippen LogP contribution in [0.1, 0.15) is 31.7 Å². The average Bonchev–Trinajstić information content (AvgIpc) is 3.23. The van der Waals surface area contributed by atoms with Gasteiger partial charge in [0.2, 0.25) is 0 Å². The third-order valence-corrected chi connectivity index (χ3v) is 5.19. The van der Waals surface area contributed by atoms with Gasteiger partial charge >= 0.3 is 0 Å². The van der Waals surface area contributed by atoms with Crippen molar-refractivity contribution in [1.29, 1.82) is 0 Å². The summed E-state index contributed by atoms with van der Waals surface area (Å²) < 4.78 is 13.5. The van der Waals surface area contributed by atoms with E-state index in [9.17, 15) is 9.50 Å². The van der Waals surface area contributed by atoms with Gasteiger partial charge in [-0.25, -0.2) is 4.39 Å². The van der Waals surface area contributed by atoms with Gasteiger partial charge in [0, 0.05) is 19.6 Å². The van der Waals surface area contributed by atoms with Crippen LogP contribution in [0.5, 0.6) is 0 Å². The van der Waals surface area contributed by atoms with Gasteiger partial charge in [-0.1, -0.05) is 24.6 Å². The predicted molar refractivity (Wildman–Crippen MR) is 78.1 cm³/mol. The number of benzene rings is 1. The van der Waals surface area contributed by atoms with Crippen LogP contribution >= 0.6 is 11.6 Å². The fourth-order valence-electron chi connectivity index (χ4n) is 3.45. The number of hydrogen-bond acceptors (Lipinski definition) is 2. The van der Waals surface area contributed by atoms with Crippen LogP contribution in [0, 0.1) is 17.7 Å². The van der Waals surface area contributed by atoms with E-state index in [-0.39, 0.29) is 16.8 Å². The normalized spacial score (nSPS) is 31.5. The summed E-state index contributed by atoms with van der Waals surface area (Å²) in [4.78, 5) is 2.30. The lowest BCUT2D eigenvalue weighted by Crippen LogP contribution is -2.51. The minimum Gasteiger partial charge on any atom is -0.389 e. The maximum Gasteiger partial charge on any atom is 0.142 e. The molecule has 1 saturated heterocycles. The number of likely N-dealkylation sites (tertiary alicyclic amines) is 1. The highest BCUT2D eigenvalue weighted by atomic mass is 35.5. The minimum atomic E-state index is -0.470. The minimum absolute atomic E-state index is 0.170. The summed E-state index contributed by atoms with van der Waals surface area (Å²) in [6.07, 6.45) is 3.17. The Morgan fingerprint density at radius 1 is 1.45 bits per heavy atom. The Labute approximate surface area is 124 Å². The lowest BCUT2D eigenvalue weighted by molar-refractivity contribution is -0.0832. The summed E-state index contributed by atoms with van der Waals surface area (Å²) in [5, 5.41) is 10.9. The van der Waals surface area contributed by atoms with Crippen LogP contribution in [0.3, 0.4) is 0 Å². The first kappa shape index (κ1) is 14.3. The van der Waals surface area contributed by atoms with E-state index < -0.39 is 5.60 Å².